The standard InChI is InChI=1S/C18H14BrClFN3O/c19-14-11-24(10-13-15(20)7-4-8-16(13)21)23-18(14)22-17(25)9-12-5-2-1-3-6-12/h1-8,11H,9-10H2,(H,22,23,25). The van der Waals surface area contributed by atoms with Crippen LogP contribution in [0.25, 0.3) is 0 Å². The van der Waals surface area contributed by atoms with Crippen LogP contribution in [0.4, 0.5) is 10.2 Å². The van der Waals surface area contributed by atoms with E-state index in [1.54, 1.807) is 18.3 Å². The van der Waals surface area contributed by atoms with E-state index in [2.05, 4.69) is 26.3 Å². The number of rotatable bonds is 5. The highest BCUT2D eigenvalue weighted by molar-refractivity contribution is 9.10. The van der Waals surface area contributed by atoms with Gasteiger partial charge in [0.15, 0.2) is 5.82 Å². The Bertz CT molecular complexity index is 878. The molecule has 1 aromatic heterocycles. The summed E-state index contributed by atoms with van der Waals surface area (Å²) in [5.74, 6) is -0.191. The number of hydrogen-bond acceptors (Lipinski definition) is 2. The molecule has 0 bridgehead atoms. The highest BCUT2D eigenvalue weighted by Crippen LogP contribution is 2.24. The van der Waals surface area contributed by atoms with E-state index in [0.717, 1.165) is 5.56 Å². The highest BCUT2D eigenvalue weighted by Gasteiger charge is 2.13. The highest BCUT2D eigenvalue weighted by atomic mass is 79.9. The normalized spacial score (nSPS) is 10.7. The molecule has 1 heterocycles. The lowest BCUT2D eigenvalue weighted by molar-refractivity contribution is -0.115. The molecule has 0 aliphatic heterocycles. The first-order valence-corrected chi connectivity index (χ1v) is 8.69. The van der Waals surface area contributed by atoms with E-state index in [9.17, 15) is 9.18 Å². The SMILES string of the molecule is O=C(Cc1ccccc1)Nc1nn(Cc2c(F)cccc2Cl)cc1Br. The van der Waals surface area contributed by atoms with Crippen LogP contribution >= 0.6 is 27.5 Å². The Hall–Kier alpha value is -2.18. The van der Waals surface area contributed by atoms with Gasteiger partial charge in [-0.2, -0.15) is 5.10 Å². The second-order valence-corrected chi connectivity index (χ2v) is 6.70. The largest absolute Gasteiger partial charge is 0.308 e. The fraction of sp³-hybridized carbons (Fsp3) is 0.111. The minimum Gasteiger partial charge on any atom is -0.308 e. The van der Waals surface area contributed by atoms with Gasteiger partial charge in [0, 0.05) is 16.8 Å². The van der Waals surface area contributed by atoms with Crippen molar-refractivity contribution in [1.29, 1.82) is 0 Å². The number of nitrogens with zero attached hydrogens (tertiary/aromatic N) is 2. The number of halogens is 3. The summed E-state index contributed by atoms with van der Waals surface area (Å²) in [7, 11) is 0. The molecule has 25 heavy (non-hydrogen) atoms. The van der Waals surface area contributed by atoms with Crippen molar-refractivity contribution in [3.63, 3.8) is 0 Å². The van der Waals surface area contributed by atoms with Crippen LogP contribution < -0.4 is 5.32 Å². The summed E-state index contributed by atoms with van der Waals surface area (Å²) in [6, 6.07) is 13.9. The first-order chi connectivity index (χ1) is 12.0. The molecule has 3 aromatic rings. The van der Waals surface area contributed by atoms with Gasteiger partial charge in [0.2, 0.25) is 5.91 Å². The lowest BCUT2D eigenvalue weighted by atomic mass is 10.1. The average molecular weight is 423 g/mol. The number of hydrogen-bond donors (Lipinski definition) is 1. The van der Waals surface area contributed by atoms with Gasteiger partial charge in [0.05, 0.1) is 17.4 Å². The predicted molar refractivity (Wildman–Crippen MR) is 99.2 cm³/mol. The molecule has 0 aliphatic rings. The second-order valence-electron chi connectivity index (χ2n) is 5.43. The topological polar surface area (TPSA) is 46.9 Å². The quantitative estimate of drug-likeness (QED) is 0.649. The van der Waals surface area contributed by atoms with E-state index >= 15 is 0 Å². The Morgan fingerprint density at radius 1 is 1.20 bits per heavy atom. The molecule has 3 rings (SSSR count). The summed E-state index contributed by atoms with van der Waals surface area (Å²) in [4.78, 5) is 12.1. The number of aromatic nitrogens is 2. The number of anilines is 1. The van der Waals surface area contributed by atoms with Crippen LogP contribution in [0.1, 0.15) is 11.1 Å². The monoisotopic (exact) mass is 421 g/mol. The lowest BCUT2D eigenvalue weighted by Gasteiger charge is -2.06. The molecule has 128 valence electrons. The molecule has 0 unspecified atom stereocenters. The third-order valence-corrected chi connectivity index (χ3v) is 4.50. The Morgan fingerprint density at radius 3 is 2.68 bits per heavy atom. The minimum absolute atomic E-state index is 0.165. The molecule has 0 fully saturated rings. The summed E-state index contributed by atoms with van der Waals surface area (Å²) < 4.78 is 16.0. The van der Waals surface area contributed by atoms with Crippen molar-refractivity contribution in [2.75, 3.05) is 5.32 Å². The maximum Gasteiger partial charge on any atom is 0.230 e. The molecule has 0 atom stereocenters. The van der Waals surface area contributed by atoms with Crippen molar-refractivity contribution in [2.45, 2.75) is 13.0 Å². The zero-order chi connectivity index (χ0) is 17.8. The van der Waals surface area contributed by atoms with Gasteiger partial charge in [0.1, 0.15) is 5.82 Å². The van der Waals surface area contributed by atoms with E-state index in [-0.39, 0.29) is 18.9 Å². The van der Waals surface area contributed by atoms with E-state index in [4.69, 9.17) is 11.6 Å². The van der Waals surface area contributed by atoms with Crippen LogP contribution in [-0.4, -0.2) is 15.7 Å². The molecule has 0 spiro atoms. The zero-order valence-corrected chi connectivity index (χ0v) is 15.4. The number of nitrogens with one attached hydrogen (secondary N) is 1. The fourth-order valence-corrected chi connectivity index (χ4v) is 3.00. The molecule has 0 saturated heterocycles. The molecule has 0 aliphatic carbocycles. The van der Waals surface area contributed by atoms with Crippen LogP contribution in [0.2, 0.25) is 5.02 Å². The summed E-state index contributed by atoms with van der Waals surface area (Å²) in [5.41, 5.74) is 1.26. The van der Waals surface area contributed by atoms with Crippen molar-refractivity contribution >= 4 is 39.3 Å². The third-order valence-electron chi connectivity index (χ3n) is 3.56. The van der Waals surface area contributed by atoms with Gasteiger partial charge in [-0.05, 0) is 33.6 Å². The smallest absolute Gasteiger partial charge is 0.230 e. The van der Waals surface area contributed by atoms with E-state index in [0.29, 0.717) is 20.9 Å². The van der Waals surface area contributed by atoms with Gasteiger partial charge in [-0.15, -0.1) is 0 Å². The first-order valence-electron chi connectivity index (χ1n) is 7.52. The van der Waals surface area contributed by atoms with Crippen LogP contribution in [0.5, 0.6) is 0 Å². The first kappa shape index (κ1) is 17.6. The van der Waals surface area contributed by atoms with E-state index < -0.39 is 5.82 Å². The van der Waals surface area contributed by atoms with Gasteiger partial charge < -0.3 is 5.32 Å². The van der Waals surface area contributed by atoms with Crippen LogP contribution in [-0.2, 0) is 17.8 Å². The van der Waals surface area contributed by atoms with Crippen molar-refractivity contribution in [3.05, 3.63) is 81.2 Å². The minimum atomic E-state index is -0.395. The van der Waals surface area contributed by atoms with Crippen molar-refractivity contribution in [1.82, 2.24) is 9.78 Å². The Kier molecular flexibility index (Phi) is 5.50. The van der Waals surface area contributed by atoms with Crippen LogP contribution in [0, 0.1) is 5.82 Å². The zero-order valence-electron chi connectivity index (χ0n) is 13.0. The number of benzene rings is 2. The maximum absolute atomic E-state index is 13.9. The lowest BCUT2D eigenvalue weighted by Crippen LogP contribution is -2.15. The molecule has 1 amide bonds. The molecule has 2 aromatic carbocycles. The molecule has 0 radical (unpaired) electrons. The van der Waals surface area contributed by atoms with Gasteiger partial charge in [-0.25, -0.2) is 4.39 Å². The Balaban J connectivity index is 1.71. The summed E-state index contributed by atoms with van der Waals surface area (Å²) in [6.45, 7) is 0.165. The van der Waals surface area contributed by atoms with E-state index in [1.165, 1.54) is 10.7 Å². The molecular weight excluding hydrogens is 409 g/mol. The van der Waals surface area contributed by atoms with Gasteiger partial charge >= 0.3 is 0 Å². The van der Waals surface area contributed by atoms with Crippen molar-refractivity contribution in [3.8, 4) is 0 Å². The predicted octanol–water partition coefficient (Wildman–Crippen LogP) is 4.67. The number of carbonyl (C=O) groups excluding carboxylic acids is 1. The van der Waals surface area contributed by atoms with Gasteiger partial charge in [-0.1, -0.05) is 48.0 Å². The Morgan fingerprint density at radius 2 is 1.96 bits per heavy atom. The maximum atomic E-state index is 13.9. The van der Waals surface area contributed by atoms with Gasteiger partial charge in [-0.3, -0.25) is 9.48 Å². The third kappa shape index (κ3) is 4.46. The molecule has 1 N–H and O–H groups in total. The molecule has 4 nitrogen and oxygen atoms in total. The number of carbonyl (C=O) groups is 1. The summed E-state index contributed by atoms with van der Waals surface area (Å²) >= 11 is 9.39. The average Bonchev–Trinajstić information content (AvgIpc) is 2.91. The molecule has 0 saturated carbocycles. The van der Waals surface area contributed by atoms with Gasteiger partial charge in [0.25, 0.3) is 0 Å². The van der Waals surface area contributed by atoms with Crippen LogP contribution in [0.15, 0.2) is 59.2 Å². The number of amides is 1. The molecular formula is C18H14BrClFN3O. The van der Waals surface area contributed by atoms with Crippen molar-refractivity contribution in [2.24, 2.45) is 0 Å². The second kappa shape index (κ2) is 7.80. The molecule has 7 heteroatoms. The Labute approximate surface area is 157 Å². The van der Waals surface area contributed by atoms with Crippen LogP contribution in [0.3, 0.4) is 0 Å². The van der Waals surface area contributed by atoms with E-state index in [1.807, 2.05) is 30.3 Å². The summed E-state index contributed by atoms with van der Waals surface area (Å²) in [5, 5.41) is 7.37. The van der Waals surface area contributed by atoms with Crippen molar-refractivity contribution < 1.29 is 9.18 Å². The summed E-state index contributed by atoms with van der Waals surface area (Å²) in [6.07, 6.45) is 1.92. The fourth-order valence-electron chi connectivity index (χ4n) is 2.37.